The van der Waals surface area contributed by atoms with Gasteiger partial charge in [-0.25, -0.2) is 0 Å². The lowest BCUT2D eigenvalue weighted by Crippen LogP contribution is -2.18. The molecule has 2 unspecified atom stereocenters. The molecule has 3 heteroatoms. The summed E-state index contributed by atoms with van der Waals surface area (Å²) in [5.41, 5.74) is 0.990. The van der Waals surface area contributed by atoms with E-state index >= 15 is 0 Å². The summed E-state index contributed by atoms with van der Waals surface area (Å²) in [6.45, 7) is 3.03. The Morgan fingerprint density at radius 1 is 1.57 bits per heavy atom. The van der Waals surface area contributed by atoms with Crippen LogP contribution >= 0.6 is 0 Å². The zero-order valence-electron chi connectivity index (χ0n) is 8.40. The number of hydrogen-bond donors (Lipinski definition) is 2. The molecule has 14 heavy (non-hydrogen) atoms. The van der Waals surface area contributed by atoms with Crippen LogP contribution in [-0.2, 0) is 6.54 Å². The Bertz CT molecular complexity index is 297. The molecule has 1 aliphatic rings. The minimum absolute atomic E-state index is 0.228. The molecule has 1 aromatic heterocycles. The van der Waals surface area contributed by atoms with Gasteiger partial charge in [-0.1, -0.05) is 13.3 Å². The van der Waals surface area contributed by atoms with E-state index in [-0.39, 0.29) is 5.75 Å². The summed E-state index contributed by atoms with van der Waals surface area (Å²) in [5, 5.41) is 12.5. The van der Waals surface area contributed by atoms with Gasteiger partial charge in [-0.05, 0) is 24.5 Å². The number of hydrogen-bond acceptors (Lipinski definition) is 3. The Kier molecular flexibility index (Phi) is 2.68. The van der Waals surface area contributed by atoms with Gasteiger partial charge in [0.2, 0.25) is 0 Å². The van der Waals surface area contributed by atoms with Gasteiger partial charge >= 0.3 is 0 Å². The highest BCUT2D eigenvalue weighted by molar-refractivity contribution is 5.17. The summed E-state index contributed by atoms with van der Waals surface area (Å²) in [4.78, 5) is 4.12. The first-order valence-electron chi connectivity index (χ1n) is 5.17. The highest BCUT2D eigenvalue weighted by Crippen LogP contribution is 2.33. The van der Waals surface area contributed by atoms with Crippen molar-refractivity contribution in [2.45, 2.75) is 32.4 Å². The number of pyridine rings is 1. The summed E-state index contributed by atoms with van der Waals surface area (Å²) >= 11 is 0. The number of aromatic nitrogens is 1. The Morgan fingerprint density at radius 2 is 2.43 bits per heavy atom. The van der Waals surface area contributed by atoms with E-state index in [9.17, 15) is 0 Å². The second-order valence-corrected chi connectivity index (χ2v) is 3.90. The van der Waals surface area contributed by atoms with Crippen LogP contribution in [0.2, 0.25) is 0 Å². The van der Waals surface area contributed by atoms with E-state index in [1.807, 2.05) is 6.07 Å². The van der Waals surface area contributed by atoms with Crippen molar-refractivity contribution in [3.05, 3.63) is 24.0 Å². The molecule has 0 radical (unpaired) electrons. The van der Waals surface area contributed by atoms with E-state index in [2.05, 4.69) is 17.2 Å². The van der Waals surface area contributed by atoms with Crippen LogP contribution in [-0.4, -0.2) is 16.1 Å². The van der Waals surface area contributed by atoms with Gasteiger partial charge in [-0.2, -0.15) is 0 Å². The minimum atomic E-state index is 0.228. The lowest BCUT2D eigenvalue weighted by Gasteiger charge is -2.02. The average Bonchev–Trinajstić information content (AvgIpc) is 2.96. The number of aromatic hydroxyl groups is 1. The summed E-state index contributed by atoms with van der Waals surface area (Å²) in [6, 6.07) is 4.22. The minimum Gasteiger partial charge on any atom is -0.506 e. The van der Waals surface area contributed by atoms with Crippen LogP contribution in [0, 0.1) is 5.92 Å². The van der Waals surface area contributed by atoms with Gasteiger partial charge in [-0.3, -0.25) is 4.98 Å². The molecule has 0 aromatic carbocycles. The molecule has 2 atom stereocenters. The number of nitrogens with one attached hydrogen (secondary N) is 1. The maximum Gasteiger partial charge on any atom is 0.133 e. The number of nitrogens with zero attached hydrogens (tertiary/aromatic N) is 1. The predicted octanol–water partition coefficient (Wildman–Crippen LogP) is 1.68. The van der Waals surface area contributed by atoms with Gasteiger partial charge in [0.05, 0.1) is 11.9 Å². The molecule has 1 fully saturated rings. The molecule has 1 aliphatic carbocycles. The molecular weight excluding hydrogens is 176 g/mol. The maximum atomic E-state index is 9.04. The van der Waals surface area contributed by atoms with Crippen LogP contribution in [0.5, 0.6) is 5.75 Å². The molecule has 0 saturated heterocycles. The first-order chi connectivity index (χ1) is 6.79. The zero-order chi connectivity index (χ0) is 9.97. The van der Waals surface area contributed by atoms with Crippen molar-refractivity contribution in [2.75, 3.05) is 0 Å². The molecule has 3 nitrogen and oxygen atoms in total. The van der Waals surface area contributed by atoms with Crippen molar-refractivity contribution in [3.8, 4) is 5.75 Å². The Labute approximate surface area is 84.2 Å². The van der Waals surface area contributed by atoms with Crippen molar-refractivity contribution in [1.82, 2.24) is 10.3 Å². The molecule has 0 spiro atoms. The van der Waals surface area contributed by atoms with E-state index in [1.54, 1.807) is 6.07 Å². The summed E-state index contributed by atoms with van der Waals surface area (Å²) in [7, 11) is 0. The van der Waals surface area contributed by atoms with Gasteiger partial charge in [-0.15, -0.1) is 0 Å². The molecule has 1 aromatic rings. The molecular formula is C11H16N2O. The average molecular weight is 192 g/mol. The van der Waals surface area contributed by atoms with E-state index in [0.29, 0.717) is 6.04 Å². The third-order valence-corrected chi connectivity index (χ3v) is 2.80. The highest BCUT2D eigenvalue weighted by Gasteiger charge is 2.34. The molecule has 0 bridgehead atoms. The van der Waals surface area contributed by atoms with Crippen LogP contribution in [0.4, 0.5) is 0 Å². The van der Waals surface area contributed by atoms with Crippen LogP contribution in [0.1, 0.15) is 25.5 Å². The first-order valence-corrected chi connectivity index (χ1v) is 5.17. The van der Waals surface area contributed by atoms with E-state index < -0.39 is 0 Å². The maximum absolute atomic E-state index is 9.04. The molecule has 1 heterocycles. The van der Waals surface area contributed by atoms with E-state index in [4.69, 9.17) is 5.11 Å². The van der Waals surface area contributed by atoms with Gasteiger partial charge in [0, 0.05) is 12.6 Å². The Morgan fingerprint density at radius 3 is 3.00 bits per heavy atom. The summed E-state index contributed by atoms with van der Waals surface area (Å²) in [6.07, 6.45) is 4.05. The van der Waals surface area contributed by atoms with Crippen molar-refractivity contribution in [2.24, 2.45) is 5.92 Å². The van der Waals surface area contributed by atoms with Crippen molar-refractivity contribution in [1.29, 1.82) is 0 Å². The lowest BCUT2D eigenvalue weighted by molar-refractivity contribution is 0.471. The third kappa shape index (κ3) is 2.23. The fourth-order valence-electron chi connectivity index (χ4n) is 1.71. The normalized spacial score (nSPS) is 24.9. The van der Waals surface area contributed by atoms with Gasteiger partial charge in [0.25, 0.3) is 0 Å². The first kappa shape index (κ1) is 9.46. The standard InChI is InChI=1S/C11H16N2O/c1-2-8-5-11(8)13-6-9-3-4-10(14)7-12-9/h3-4,7-8,11,13-14H,2,5-6H2,1H3. The van der Waals surface area contributed by atoms with Crippen molar-refractivity contribution >= 4 is 0 Å². The molecule has 0 aliphatic heterocycles. The monoisotopic (exact) mass is 192 g/mol. The van der Waals surface area contributed by atoms with Crippen LogP contribution < -0.4 is 5.32 Å². The van der Waals surface area contributed by atoms with E-state index in [0.717, 1.165) is 18.2 Å². The summed E-state index contributed by atoms with van der Waals surface area (Å²) < 4.78 is 0. The van der Waals surface area contributed by atoms with Crippen LogP contribution in [0.25, 0.3) is 0 Å². The van der Waals surface area contributed by atoms with Crippen molar-refractivity contribution < 1.29 is 5.11 Å². The summed E-state index contributed by atoms with van der Waals surface area (Å²) in [5.74, 6) is 1.10. The largest absolute Gasteiger partial charge is 0.506 e. The molecule has 2 rings (SSSR count). The van der Waals surface area contributed by atoms with Gasteiger partial charge in [0.15, 0.2) is 0 Å². The lowest BCUT2D eigenvalue weighted by atomic mass is 10.3. The smallest absolute Gasteiger partial charge is 0.133 e. The second kappa shape index (κ2) is 3.96. The molecule has 0 amide bonds. The van der Waals surface area contributed by atoms with Gasteiger partial charge in [0.1, 0.15) is 5.75 Å². The Balaban J connectivity index is 1.78. The fraction of sp³-hybridized carbons (Fsp3) is 0.545. The zero-order valence-corrected chi connectivity index (χ0v) is 8.40. The third-order valence-electron chi connectivity index (χ3n) is 2.80. The van der Waals surface area contributed by atoms with E-state index in [1.165, 1.54) is 19.0 Å². The van der Waals surface area contributed by atoms with Gasteiger partial charge < -0.3 is 10.4 Å². The quantitative estimate of drug-likeness (QED) is 0.762. The molecule has 76 valence electrons. The SMILES string of the molecule is CCC1CC1NCc1ccc(O)cn1. The molecule has 2 N–H and O–H groups in total. The van der Waals surface area contributed by atoms with Crippen LogP contribution in [0.3, 0.4) is 0 Å². The second-order valence-electron chi connectivity index (χ2n) is 3.90. The predicted molar refractivity (Wildman–Crippen MR) is 54.9 cm³/mol. The highest BCUT2D eigenvalue weighted by atomic mass is 16.3. The number of rotatable bonds is 4. The fourth-order valence-corrected chi connectivity index (χ4v) is 1.71. The van der Waals surface area contributed by atoms with Crippen LogP contribution in [0.15, 0.2) is 18.3 Å². The van der Waals surface area contributed by atoms with Crippen molar-refractivity contribution in [3.63, 3.8) is 0 Å². The topological polar surface area (TPSA) is 45.1 Å². The molecule has 1 saturated carbocycles. The Hall–Kier alpha value is -1.09.